The van der Waals surface area contributed by atoms with Crippen molar-refractivity contribution in [2.24, 2.45) is 10.7 Å². The highest BCUT2D eigenvalue weighted by molar-refractivity contribution is 8.13. The molecule has 0 aliphatic rings. The Hall–Kier alpha value is -0.710. The molecule has 0 spiro atoms. The van der Waals surface area contributed by atoms with Gasteiger partial charge in [0.1, 0.15) is 0 Å². The normalized spacial score (nSPS) is 11.5. The van der Waals surface area contributed by atoms with Gasteiger partial charge in [0.15, 0.2) is 5.17 Å². The third kappa shape index (κ3) is 5.43. The van der Waals surface area contributed by atoms with E-state index in [4.69, 9.17) is 10.8 Å². The van der Waals surface area contributed by atoms with Gasteiger partial charge in [-0.25, -0.2) is 0 Å². The van der Waals surface area contributed by atoms with Crippen LogP contribution in [0.2, 0.25) is 0 Å². The van der Waals surface area contributed by atoms with Crippen molar-refractivity contribution in [3.05, 3.63) is 0 Å². The van der Waals surface area contributed by atoms with Crippen LogP contribution in [-0.4, -0.2) is 29.0 Å². The minimum atomic E-state index is -0.809. The van der Waals surface area contributed by atoms with Crippen molar-refractivity contribution in [3.8, 4) is 0 Å². The third-order valence-electron chi connectivity index (χ3n) is 0.786. The van der Waals surface area contributed by atoms with E-state index in [1.165, 1.54) is 11.8 Å². The lowest BCUT2D eigenvalue weighted by molar-refractivity contribution is -0.136. The van der Waals surface area contributed by atoms with E-state index < -0.39 is 5.97 Å². The van der Waals surface area contributed by atoms with Crippen LogP contribution in [0.25, 0.3) is 0 Å². The molecule has 0 fully saturated rings. The minimum Gasteiger partial charge on any atom is -0.481 e. The van der Waals surface area contributed by atoms with Crippen molar-refractivity contribution in [1.29, 1.82) is 0 Å². The molecule has 0 aromatic rings. The maximum atomic E-state index is 9.98. The molecule has 0 unspecified atom stereocenters. The number of hydrogen-bond donors (Lipinski definition) is 2. The molecule has 10 heavy (non-hydrogen) atoms. The average Bonchev–Trinajstić information content (AvgIpc) is 1.87. The molecule has 0 aromatic heterocycles. The number of aliphatic imine (C=N–C) groups is 1. The molecule has 4 nitrogen and oxygen atoms in total. The number of amidine groups is 1. The number of hydrogen-bond acceptors (Lipinski definition) is 3. The van der Waals surface area contributed by atoms with Crippen LogP contribution in [0, 0.1) is 0 Å². The average molecular weight is 162 g/mol. The van der Waals surface area contributed by atoms with Crippen LogP contribution >= 0.6 is 11.8 Å². The first-order valence-electron chi connectivity index (χ1n) is 2.73. The van der Waals surface area contributed by atoms with Gasteiger partial charge in [0, 0.05) is 12.8 Å². The Balaban J connectivity index is 3.29. The molecular formula is C5H10N2O2S. The molecule has 0 atom stereocenters. The number of carbonyl (C=O) groups is 1. The lowest BCUT2D eigenvalue weighted by Gasteiger charge is -1.94. The maximum Gasteiger partial charge on any atom is 0.304 e. The van der Waals surface area contributed by atoms with Crippen LogP contribution in [0.4, 0.5) is 0 Å². The first-order chi connectivity index (χ1) is 4.66. The quantitative estimate of drug-likeness (QED) is 0.457. The zero-order valence-corrected chi connectivity index (χ0v) is 6.52. The number of thioether (sulfide) groups is 1. The van der Waals surface area contributed by atoms with Gasteiger partial charge in [-0.05, 0) is 0 Å². The predicted octanol–water partition coefficient (Wildman–Crippen LogP) is 0.139. The Morgan fingerprint density at radius 1 is 1.80 bits per heavy atom. The summed E-state index contributed by atoms with van der Waals surface area (Å²) in [4.78, 5) is 13.6. The first kappa shape index (κ1) is 9.29. The fourth-order valence-corrected chi connectivity index (χ4v) is 0.922. The molecule has 3 N–H and O–H groups in total. The molecule has 0 rings (SSSR count). The van der Waals surface area contributed by atoms with Gasteiger partial charge in [-0.1, -0.05) is 11.8 Å². The van der Waals surface area contributed by atoms with Crippen LogP contribution in [-0.2, 0) is 4.79 Å². The van der Waals surface area contributed by atoms with Gasteiger partial charge in [-0.3, -0.25) is 9.79 Å². The zero-order chi connectivity index (χ0) is 7.98. The van der Waals surface area contributed by atoms with E-state index in [0.717, 1.165) is 0 Å². The van der Waals surface area contributed by atoms with Crippen LogP contribution in [0.3, 0.4) is 0 Å². The van der Waals surface area contributed by atoms with E-state index in [2.05, 4.69) is 4.99 Å². The van der Waals surface area contributed by atoms with Crippen molar-refractivity contribution < 1.29 is 9.90 Å². The van der Waals surface area contributed by atoms with E-state index >= 15 is 0 Å². The number of nitrogens with two attached hydrogens (primary N) is 1. The summed E-state index contributed by atoms with van der Waals surface area (Å²) in [6, 6.07) is 0. The largest absolute Gasteiger partial charge is 0.481 e. The molecule has 58 valence electrons. The molecule has 0 saturated carbocycles. The van der Waals surface area contributed by atoms with Gasteiger partial charge < -0.3 is 10.8 Å². The standard InChI is InChI=1S/C5H10N2O2S/c1-7-5(6)10-3-2-4(8)9/h2-3H2,1H3,(H2,6,7)(H,8,9). The van der Waals surface area contributed by atoms with Crippen LogP contribution in [0.1, 0.15) is 6.42 Å². The number of carboxylic acids is 1. The van der Waals surface area contributed by atoms with Crippen molar-refractivity contribution in [2.45, 2.75) is 6.42 Å². The Labute approximate surface area is 63.5 Å². The Morgan fingerprint density at radius 2 is 2.40 bits per heavy atom. The topological polar surface area (TPSA) is 75.7 Å². The summed E-state index contributed by atoms with van der Waals surface area (Å²) in [5.74, 6) is -0.324. The van der Waals surface area contributed by atoms with E-state index in [1.54, 1.807) is 7.05 Å². The second-order valence-corrected chi connectivity index (χ2v) is 2.67. The van der Waals surface area contributed by atoms with Gasteiger partial charge in [0.2, 0.25) is 0 Å². The molecule has 0 aromatic carbocycles. The lowest BCUT2D eigenvalue weighted by Crippen LogP contribution is -2.08. The smallest absolute Gasteiger partial charge is 0.304 e. The Bertz CT molecular complexity index is 147. The predicted molar refractivity (Wildman–Crippen MR) is 42.3 cm³/mol. The third-order valence-corrected chi connectivity index (χ3v) is 1.67. The molecule has 0 amide bonds. The van der Waals surface area contributed by atoms with Gasteiger partial charge in [0.25, 0.3) is 0 Å². The molecule has 0 saturated heterocycles. The van der Waals surface area contributed by atoms with E-state index in [-0.39, 0.29) is 6.42 Å². The number of rotatable bonds is 3. The summed E-state index contributed by atoms with van der Waals surface area (Å²) < 4.78 is 0. The van der Waals surface area contributed by atoms with Crippen molar-refractivity contribution >= 4 is 22.9 Å². The monoisotopic (exact) mass is 162 g/mol. The molecule has 0 radical (unpaired) electrons. The fraction of sp³-hybridized carbons (Fsp3) is 0.600. The van der Waals surface area contributed by atoms with E-state index in [1.807, 2.05) is 0 Å². The SMILES string of the molecule is CN=C(N)SCCC(=O)O. The van der Waals surface area contributed by atoms with Crippen molar-refractivity contribution in [1.82, 2.24) is 0 Å². The van der Waals surface area contributed by atoms with E-state index in [0.29, 0.717) is 10.9 Å². The van der Waals surface area contributed by atoms with Crippen molar-refractivity contribution in [2.75, 3.05) is 12.8 Å². The highest BCUT2D eigenvalue weighted by atomic mass is 32.2. The van der Waals surface area contributed by atoms with Gasteiger partial charge in [-0.15, -0.1) is 0 Å². The highest BCUT2D eigenvalue weighted by Gasteiger charge is 1.97. The van der Waals surface area contributed by atoms with E-state index in [9.17, 15) is 4.79 Å². The van der Waals surface area contributed by atoms with Crippen LogP contribution < -0.4 is 5.73 Å². The first-order valence-corrected chi connectivity index (χ1v) is 3.72. The summed E-state index contributed by atoms with van der Waals surface area (Å²) in [5.41, 5.74) is 5.28. The second kappa shape index (κ2) is 5.10. The van der Waals surface area contributed by atoms with Crippen LogP contribution in [0.5, 0.6) is 0 Å². The molecule has 0 aliphatic carbocycles. The summed E-state index contributed by atoms with van der Waals surface area (Å²) in [5, 5.41) is 8.64. The van der Waals surface area contributed by atoms with Gasteiger partial charge >= 0.3 is 5.97 Å². The number of aliphatic carboxylic acids is 1. The van der Waals surface area contributed by atoms with Crippen LogP contribution in [0.15, 0.2) is 4.99 Å². The molecule has 0 bridgehead atoms. The molecule has 5 heteroatoms. The molecule has 0 heterocycles. The summed E-state index contributed by atoms with van der Waals surface area (Å²) in [7, 11) is 1.57. The number of carboxylic acid groups (broad SMARTS) is 1. The van der Waals surface area contributed by atoms with Gasteiger partial charge in [-0.2, -0.15) is 0 Å². The Kier molecular flexibility index (Phi) is 4.74. The summed E-state index contributed by atoms with van der Waals surface area (Å²) in [6.07, 6.45) is 0.126. The van der Waals surface area contributed by atoms with Crippen molar-refractivity contribution in [3.63, 3.8) is 0 Å². The summed E-state index contributed by atoms with van der Waals surface area (Å²) in [6.45, 7) is 0. The fourth-order valence-electron chi connectivity index (χ4n) is 0.307. The molecule has 0 aliphatic heterocycles. The second-order valence-electron chi connectivity index (χ2n) is 1.55. The Morgan fingerprint density at radius 3 is 2.80 bits per heavy atom. The number of nitrogens with zero attached hydrogens (tertiary/aromatic N) is 1. The lowest BCUT2D eigenvalue weighted by atomic mass is 10.5. The maximum absolute atomic E-state index is 9.98. The molecular weight excluding hydrogens is 152 g/mol. The zero-order valence-electron chi connectivity index (χ0n) is 5.70. The summed E-state index contributed by atoms with van der Waals surface area (Å²) >= 11 is 1.25. The minimum absolute atomic E-state index is 0.126. The highest BCUT2D eigenvalue weighted by Crippen LogP contribution is 2.00. The van der Waals surface area contributed by atoms with Gasteiger partial charge in [0.05, 0.1) is 6.42 Å².